The number of nitrogens with zero attached hydrogens (tertiary/aromatic N) is 2. The van der Waals surface area contributed by atoms with Crippen LogP contribution in [0, 0.1) is 6.92 Å². The molecule has 7 nitrogen and oxygen atoms in total. The molecule has 0 aliphatic carbocycles. The van der Waals surface area contributed by atoms with E-state index < -0.39 is 5.76 Å². The SMILES string of the molecule is COCc1nn(CC(=O)NCc2ccccc2C)c(=O)o1. The predicted octanol–water partition coefficient (Wildman–Crippen LogP) is 0.608. The van der Waals surface area contributed by atoms with Crippen LogP contribution in [0.4, 0.5) is 0 Å². The first-order valence-electron chi connectivity index (χ1n) is 6.47. The van der Waals surface area contributed by atoms with Crippen molar-refractivity contribution in [3.63, 3.8) is 0 Å². The smallest absolute Gasteiger partial charge is 0.390 e. The number of nitrogens with one attached hydrogen (secondary N) is 1. The molecule has 0 spiro atoms. The zero-order valence-electron chi connectivity index (χ0n) is 12.0. The van der Waals surface area contributed by atoms with Crippen LogP contribution in [0.25, 0.3) is 0 Å². The van der Waals surface area contributed by atoms with Crippen LogP contribution in [-0.2, 0) is 29.2 Å². The number of benzene rings is 1. The number of aromatic nitrogens is 2. The van der Waals surface area contributed by atoms with Crippen LogP contribution in [0.5, 0.6) is 0 Å². The second-order valence-electron chi connectivity index (χ2n) is 4.56. The van der Waals surface area contributed by atoms with E-state index in [1.54, 1.807) is 0 Å². The average Bonchev–Trinajstić information content (AvgIpc) is 2.78. The molecule has 0 saturated heterocycles. The van der Waals surface area contributed by atoms with Gasteiger partial charge in [-0.05, 0) is 18.1 Å². The van der Waals surface area contributed by atoms with Gasteiger partial charge in [0.1, 0.15) is 13.2 Å². The number of hydrogen-bond donors (Lipinski definition) is 1. The molecule has 0 bridgehead atoms. The molecule has 1 amide bonds. The summed E-state index contributed by atoms with van der Waals surface area (Å²) < 4.78 is 10.6. The fourth-order valence-electron chi connectivity index (χ4n) is 1.83. The molecule has 0 aliphatic rings. The van der Waals surface area contributed by atoms with Crippen molar-refractivity contribution in [3.8, 4) is 0 Å². The number of methoxy groups -OCH3 is 1. The summed E-state index contributed by atoms with van der Waals surface area (Å²) >= 11 is 0. The highest BCUT2D eigenvalue weighted by molar-refractivity contribution is 5.75. The Balaban J connectivity index is 1.93. The van der Waals surface area contributed by atoms with E-state index in [9.17, 15) is 9.59 Å². The average molecular weight is 291 g/mol. The maximum Gasteiger partial charge on any atom is 0.437 e. The number of carbonyl (C=O) groups is 1. The van der Waals surface area contributed by atoms with Crippen LogP contribution in [0.2, 0.25) is 0 Å². The Kier molecular flexibility index (Phi) is 4.89. The highest BCUT2D eigenvalue weighted by atomic mass is 16.5. The fourth-order valence-corrected chi connectivity index (χ4v) is 1.83. The molecule has 1 aromatic heterocycles. The minimum absolute atomic E-state index is 0.0903. The van der Waals surface area contributed by atoms with E-state index in [0.717, 1.165) is 15.8 Å². The Labute approximate surface area is 121 Å². The maximum atomic E-state index is 11.8. The van der Waals surface area contributed by atoms with Crippen LogP contribution in [0.15, 0.2) is 33.5 Å². The van der Waals surface area contributed by atoms with Crippen molar-refractivity contribution >= 4 is 5.91 Å². The number of aryl methyl sites for hydroxylation is 1. The Bertz CT molecular complexity index is 675. The van der Waals surface area contributed by atoms with Gasteiger partial charge in [0.05, 0.1) is 0 Å². The number of rotatable bonds is 6. The molecule has 0 fully saturated rings. The molecule has 2 aromatic rings. The van der Waals surface area contributed by atoms with E-state index in [0.29, 0.717) is 6.54 Å². The standard InChI is InChI=1S/C14H17N3O4/c1-10-5-3-4-6-11(10)7-15-12(18)8-17-14(19)21-13(16-17)9-20-2/h3-6H,7-9H2,1-2H3,(H,15,18). The Morgan fingerprint density at radius 3 is 2.90 bits per heavy atom. The summed E-state index contributed by atoms with van der Waals surface area (Å²) in [6.45, 7) is 2.29. The van der Waals surface area contributed by atoms with Crippen molar-refractivity contribution < 1.29 is 13.9 Å². The third-order valence-electron chi connectivity index (χ3n) is 2.95. The Hall–Kier alpha value is -2.41. The van der Waals surface area contributed by atoms with E-state index in [4.69, 9.17) is 9.15 Å². The number of carbonyl (C=O) groups excluding carboxylic acids is 1. The first kappa shape index (κ1) is 15.0. The number of ether oxygens (including phenoxy) is 1. The third kappa shape index (κ3) is 4.03. The fraction of sp³-hybridized carbons (Fsp3) is 0.357. The first-order chi connectivity index (χ1) is 10.1. The molecule has 2 rings (SSSR count). The molecular weight excluding hydrogens is 274 g/mol. The van der Waals surface area contributed by atoms with Crippen LogP contribution in [0.1, 0.15) is 17.0 Å². The van der Waals surface area contributed by atoms with Crippen molar-refractivity contribution in [2.75, 3.05) is 7.11 Å². The van der Waals surface area contributed by atoms with Crippen LogP contribution in [-0.4, -0.2) is 22.8 Å². The normalized spacial score (nSPS) is 10.6. The molecule has 0 radical (unpaired) electrons. The van der Waals surface area contributed by atoms with Crippen molar-refractivity contribution in [3.05, 3.63) is 51.8 Å². The quantitative estimate of drug-likeness (QED) is 0.842. The van der Waals surface area contributed by atoms with Crippen molar-refractivity contribution in [1.29, 1.82) is 0 Å². The molecule has 0 saturated carbocycles. The van der Waals surface area contributed by atoms with Crippen LogP contribution in [0.3, 0.4) is 0 Å². The number of hydrogen-bond acceptors (Lipinski definition) is 5. The predicted molar refractivity (Wildman–Crippen MR) is 74.5 cm³/mol. The summed E-state index contributed by atoms with van der Waals surface area (Å²) in [7, 11) is 1.47. The Morgan fingerprint density at radius 2 is 2.19 bits per heavy atom. The van der Waals surface area contributed by atoms with E-state index in [1.165, 1.54) is 7.11 Å². The summed E-state index contributed by atoms with van der Waals surface area (Å²) in [4.78, 5) is 23.3. The van der Waals surface area contributed by atoms with Crippen LogP contribution >= 0.6 is 0 Å². The van der Waals surface area contributed by atoms with Gasteiger partial charge in [0.25, 0.3) is 0 Å². The first-order valence-corrected chi connectivity index (χ1v) is 6.47. The zero-order chi connectivity index (χ0) is 15.2. The highest BCUT2D eigenvalue weighted by Crippen LogP contribution is 2.05. The zero-order valence-corrected chi connectivity index (χ0v) is 12.0. The molecule has 7 heteroatoms. The summed E-state index contributed by atoms with van der Waals surface area (Å²) in [5, 5.41) is 6.61. The van der Waals surface area contributed by atoms with Gasteiger partial charge in [-0.15, -0.1) is 5.10 Å². The molecule has 0 aliphatic heterocycles. The number of amides is 1. The summed E-state index contributed by atoms with van der Waals surface area (Å²) in [5.41, 5.74) is 2.12. The van der Waals surface area contributed by atoms with Gasteiger partial charge in [0, 0.05) is 13.7 Å². The molecule has 112 valence electrons. The van der Waals surface area contributed by atoms with Crippen molar-refractivity contribution in [2.45, 2.75) is 26.6 Å². The summed E-state index contributed by atoms with van der Waals surface area (Å²) in [5.74, 6) is -0.833. The molecule has 0 unspecified atom stereocenters. The molecular formula is C14H17N3O4. The maximum absolute atomic E-state index is 11.8. The summed E-state index contributed by atoms with van der Waals surface area (Å²) in [6, 6.07) is 7.76. The molecule has 21 heavy (non-hydrogen) atoms. The third-order valence-corrected chi connectivity index (χ3v) is 2.95. The van der Waals surface area contributed by atoms with Crippen molar-refractivity contribution in [2.24, 2.45) is 0 Å². The lowest BCUT2D eigenvalue weighted by molar-refractivity contribution is -0.122. The van der Waals surface area contributed by atoms with E-state index >= 15 is 0 Å². The van der Waals surface area contributed by atoms with Gasteiger partial charge >= 0.3 is 5.76 Å². The molecule has 1 aromatic carbocycles. The lowest BCUT2D eigenvalue weighted by atomic mass is 10.1. The Morgan fingerprint density at radius 1 is 1.43 bits per heavy atom. The largest absolute Gasteiger partial charge is 0.437 e. The van der Waals surface area contributed by atoms with Gasteiger partial charge in [0.15, 0.2) is 0 Å². The minimum Gasteiger partial charge on any atom is -0.390 e. The van der Waals surface area contributed by atoms with E-state index in [1.807, 2.05) is 31.2 Å². The molecule has 1 heterocycles. The topological polar surface area (TPSA) is 86.4 Å². The monoisotopic (exact) mass is 291 g/mol. The lowest BCUT2D eigenvalue weighted by Crippen LogP contribution is -2.31. The van der Waals surface area contributed by atoms with E-state index in [2.05, 4.69) is 10.4 Å². The van der Waals surface area contributed by atoms with Crippen LogP contribution < -0.4 is 11.1 Å². The summed E-state index contributed by atoms with van der Waals surface area (Å²) in [6.07, 6.45) is 0. The van der Waals surface area contributed by atoms with Gasteiger partial charge in [-0.3, -0.25) is 4.79 Å². The lowest BCUT2D eigenvalue weighted by Gasteiger charge is -2.07. The second-order valence-corrected chi connectivity index (χ2v) is 4.56. The van der Waals surface area contributed by atoms with Gasteiger partial charge in [-0.2, -0.15) is 4.68 Å². The van der Waals surface area contributed by atoms with Gasteiger partial charge in [-0.1, -0.05) is 24.3 Å². The second kappa shape index (κ2) is 6.85. The molecule has 0 atom stereocenters. The molecule has 1 N–H and O–H groups in total. The van der Waals surface area contributed by atoms with Crippen molar-refractivity contribution in [1.82, 2.24) is 15.1 Å². The minimum atomic E-state index is -0.673. The van der Waals surface area contributed by atoms with Gasteiger partial charge < -0.3 is 14.5 Å². The van der Waals surface area contributed by atoms with E-state index in [-0.39, 0.29) is 24.9 Å². The highest BCUT2D eigenvalue weighted by Gasteiger charge is 2.11. The van der Waals surface area contributed by atoms with Gasteiger partial charge in [-0.25, -0.2) is 4.79 Å². The van der Waals surface area contributed by atoms with Gasteiger partial charge in [0.2, 0.25) is 11.8 Å².